The Balaban J connectivity index is 1.76. The standard InChI is InChI=1S/C27H30FNO6/c1-18(2)29(26(32)20-14-13-19(17-22(20)28)23-11-8-16-34-23)27(33)21-9-5-6-10-24(21)35-15-7-3-4-12-25(30)31/h5-6,8-11,13-14,16-18,27,33H,3-4,7,12,15H2,1-2H3,(H,30,31). The highest BCUT2D eigenvalue weighted by atomic mass is 19.1. The number of furan rings is 1. The number of aliphatic hydroxyl groups excluding tert-OH is 1. The molecule has 0 bridgehead atoms. The summed E-state index contributed by atoms with van der Waals surface area (Å²) in [5.74, 6) is -1.31. The smallest absolute Gasteiger partial charge is 0.303 e. The normalized spacial score (nSPS) is 11.9. The van der Waals surface area contributed by atoms with Gasteiger partial charge in [0.25, 0.3) is 5.91 Å². The van der Waals surface area contributed by atoms with Crippen LogP contribution < -0.4 is 4.74 Å². The number of nitrogens with zero attached hydrogens (tertiary/aromatic N) is 1. The van der Waals surface area contributed by atoms with Crippen molar-refractivity contribution in [1.82, 2.24) is 4.90 Å². The van der Waals surface area contributed by atoms with Crippen molar-refractivity contribution in [3.8, 4) is 17.1 Å². The number of ether oxygens (including phenoxy) is 1. The van der Waals surface area contributed by atoms with Crippen LogP contribution in [0, 0.1) is 5.82 Å². The van der Waals surface area contributed by atoms with Crippen LogP contribution in [0.3, 0.4) is 0 Å². The van der Waals surface area contributed by atoms with Crippen LogP contribution in [0.2, 0.25) is 0 Å². The molecule has 0 aliphatic heterocycles. The maximum Gasteiger partial charge on any atom is 0.303 e. The molecule has 8 heteroatoms. The van der Waals surface area contributed by atoms with Crippen LogP contribution in [-0.2, 0) is 4.79 Å². The first kappa shape index (κ1) is 26.0. The molecule has 0 aliphatic rings. The summed E-state index contributed by atoms with van der Waals surface area (Å²) in [4.78, 5) is 25.2. The van der Waals surface area contributed by atoms with E-state index >= 15 is 0 Å². The van der Waals surface area contributed by atoms with Gasteiger partial charge in [-0.05, 0) is 63.4 Å². The third-order valence-corrected chi connectivity index (χ3v) is 5.55. The number of carbonyl (C=O) groups excluding carboxylic acids is 1. The largest absolute Gasteiger partial charge is 0.493 e. The van der Waals surface area contributed by atoms with Gasteiger partial charge in [-0.3, -0.25) is 9.59 Å². The van der Waals surface area contributed by atoms with Gasteiger partial charge in [0.05, 0.1) is 18.4 Å². The van der Waals surface area contributed by atoms with Gasteiger partial charge in [-0.1, -0.05) is 24.3 Å². The zero-order valence-electron chi connectivity index (χ0n) is 19.8. The quantitative estimate of drug-likeness (QED) is 0.255. The Bertz CT molecular complexity index is 1130. The molecule has 35 heavy (non-hydrogen) atoms. The van der Waals surface area contributed by atoms with Gasteiger partial charge in [-0.15, -0.1) is 0 Å². The summed E-state index contributed by atoms with van der Waals surface area (Å²) in [6.45, 7) is 3.81. The number of hydrogen-bond acceptors (Lipinski definition) is 5. The van der Waals surface area contributed by atoms with Crippen LogP contribution in [0.1, 0.15) is 61.7 Å². The van der Waals surface area contributed by atoms with Crippen LogP contribution in [0.15, 0.2) is 65.3 Å². The molecule has 1 atom stereocenters. The number of para-hydroxylation sites is 1. The van der Waals surface area contributed by atoms with Crippen molar-refractivity contribution in [3.63, 3.8) is 0 Å². The molecular weight excluding hydrogens is 453 g/mol. The number of rotatable bonds is 12. The molecule has 3 aromatic rings. The third kappa shape index (κ3) is 6.70. The van der Waals surface area contributed by atoms with Gasteiger partial charge in [0.1, 0.15) is 17.3 Å². The van der Waals surface area contributed by atoms with Crippen molar-refractivity contribution in [2.75, 3.05) is 6.61 Å². The fraction of sp³-hybridized carbons (Fsp3) is 0.333. The Morgan fingerprint density at radius 3 is 2.49 bits per heavy atom. The van der Waals surface area contributed by atoms with Gasteiger partial charge < -0.3 is 24.3 Å². The summed E-state index contributed by atoms with van der Waals surface area (Å²) >= 11 is 0. The van der Waals surface area contributed by atoms with E-state index in [1.807, 2.05) is 0 Å². The predicted molar refractivity (Wildman–Crippen MR) is 128 cm³/mol. The highest BCUT2D eigenvalue weighted by molar-refractivity contribution is 5.95. The molecule has 1 aromatic heterocycles. The molecule has 0 spiro atoms. The average Bonchev–Trinajstić information content (AvgIpc) is 3.36. The maximum atomic E-state index is 14.9. The lowest BCUT2D eigenvalue weighted by molar-refractivity contribution is -0.137. The highest BCUT2D eigenvalue weighted by Crippen LogP contribution is 2.31. The van der Waals surface area contributed by atoms with E-state index in [0.717, 1.165) is 0 Å². The molecule has 0 saturated heterocycles. The topological polar surface area (TPSA) is 100 Å². The van der Waals surface area contributed by atoms with E-state index in [4.69, 9.17) is 14.3 Å². The Hall–Kier alpha value is -3.65. The number of carbonyl (C=O) groups is 2. The fourth-order valence-corrected chi connectivity index (χ4v) is 3.76. The maximum absolute atomic E-state index is 14.9. The minimum Gasteiger partial charge on any atom is -0.493 e. The molecule has 3 rings (SSSR count). The molecule has 2 aromatic carbocycles. The lowest BCUT2D eigenvalue weighted by Crippen LogP contribution is -2.40. The summed E-state index contributed by atoms with van der Waals surface area (Å²) in [5, 5.41) is 19.9. The van der Waals surface area contributed by atoms with Crippen LogP contribution >= 0.6 is 0 Å². The molecule has 0 radical (unpaired) electrons. The summed E-state index contributed by atoms with van der Waals surface area (Å²) in [7, 11) is 0. The minimum atomic E-state index is -1.37. The van der Waals surface area contributed by atoms with Crippen molar-refractivity contribution in [1.29, 1.82) is 0 Å². The van der Waals surface area contributed by atoms with Crippen molar-refractivity contribution in [2.24, 2.45) is 0 Å². The number of amides is 1. The molecule has 0 aliphatic carbocycles. The second-order valence-electron chi connectivity index (χ2n) is 8.44. The molecule has 1 heterocycles. The fourth-order valence-electron chi connectivity index (χ4n) is 3.76. The zero-order chi connectivity index (χ0) is 25.4. The predicted octanol–water partition coefficient (Wildman–Crippen LogP) is 5.65. The molecule has 2 N–H and O–H groups in total. The van der Waals surface area contributed by atoms with E-state index in [9.17, 15) is 19.1 Å². The van der Waals surface area contributed by atoms with Crippen molar-refractivity contribution >= 4 is 11.9 Å². The molecule has 0 fully saturated rings. The van der Waals surface area contributed by atoms with Gasteiger partial charge in [0, 0.05) is 23.6 Å². The number of hydrogen-bond donors (Lipinski definition) is 2. The molecule has 7 nitrogen and oxygen atoms in total. The van der Waals surface area contributed by atoms with Crippen molar-refractivity contribution < 1.29 is 33.3 Å². The summed E-state index contributed by atoms with van der Waals surface area (Å²) < 4.78 is 26.1. The molecule has 186 valence electrons. The Morgan fingerprint density at radius 2 is 1.83 bits per heavy atom. The number of carboxylic acid groups (broad SMARTS) is 1. The number of benzene rings is 2. The van der Waals surface area contributed by atoms with E-state index in [1.54, 1.807) is 56.3 Å². The van der Waals surface area contributed by atoms with Crippen LogP contribution in [-0.4, -0.2) is 39.6 Å². The number of unbranched alkanes of at least 4 members (excludes halogenated alkanes) is 2. The second kappa shape index (κ2) is 12.2. The van der Waals surface area contributed by atoms with E-state index in [2.05, 4.69) is 0 Å². The molecule has 0 saturated carbocycles. The lowest BCUT2D eigenvalue weighted by Gasteiger charge is -2.33. The van der Waals surface area contributed by atoms with Crippen LogP contribution in [0.4, 0.5) is 4.39 Å². The number of carboxylic acids is 1. The summed E-state index contributed by atoms with van der Waals surface area (Å²) in [6.07, 6.45) is 2.13. The Labute approximate surface area is 203 Å². The minimum absolute atomic E-state index is 0.111. The average molecular weight is 484 g/mol. The van der Waals surface area contributed by atoms with Crippen LogP contribution in [0.5, 0.6) is 5.75 Å². The summed E-state index contributed by atoms with van der Waals surface area (Å²) in [5.41, 5.74) is 0.723. The molecule has 1 amide bonds. The van der Waals surface area contributed by atoms with E-state index in [-0.39, 0.29) is 12.0 Å². The van der Waals surface area contributed by atoms with Gasteiger partial charge in [-0.2, -0.15) is 0 Å². The SMILES string of the molecule is CC(C)N(C(=O)c1ccc(-c2ccco2)cc1F)C(O)c1ccccc1OCCCCCC(=O)O. The number of halogens is 1. The first-order valence-corrected chi connectivity index (χ1v) is 11.6. The van der Waals surface area contributed by atoms with Crippen molar-refractivity contribution in [2.45, 2.75) is 51.8 Å². The lowest BCUT2D eigenvalue weighted by atomic mass is 10.1. The zero-order valence-corrected chi connectivity index (χ0v) is 19.8. The Kier molecular flexibility index (Phi) is 9.03. The van der Waals surface area contributed by atoms with E-state index in [0.29, 0.717) is 48.5 Å². The van der Waals surface area contributed by atoms with E-state index < -0.39 is 30.0 Å². The Morgan fingerprint density at radius 1 is 1.06 bits per heavy atom. The number of aliphatic hydroxyl groups is 1. The van der Waals surface area contributed by atoms with Gasteiger partial charge in [0.2, 0.25) is 0 Å². The molecular formula is C27H30FNO6. The van der Waals surface area contributed by atoms with Gasteiger partial charge in [-0.25, -0.2) is 4.39 Å². The third-order valence-electron chi connectivity index (χ3n) is 5.55. The van der Waals surface area contributed by atoms with Crippen molar-refractivity contribution in [3.05, 3.63) is 77.8 Å². The molecule has 1 unspecified atom stereocenters. The summed E-state index contributed by atoms with van der Waals surface area (Å²) in [6, 6.07) is 14.0. The second-order valence-corrected chi connectivity index (χ2v) is 8.44. The van der Waals surface area contributed by atoms with Gasteiger partial charge >= 0.3 is 5.97 Å². The van der Waals surface area contributed by atoms with Gasteiger partial charge in [0.15, 0.2) is 6.23 Å². The first-order valence-electron chi connectivity index (χ1n) is 11.6. The van der Waals surface area contributed by atoms with E-state index in [1.165, 1.54) is 23.3 Å². The van der Waals surface area contributed by atoms with Crippen LogP contribution in [0.25, 0.3) is 11.3 Å². The monoisotopic (exact) mass is 483 g/mol. The number of aliphatic carboxylic acids is 1. The first-order chi connectivity index (χ1) is 16.8. The highest BCUT2D eigenvalue weighted by Gasteiger charge is 2.30.